The zero-order valence-corrected chi connectivity index (χ0v) is 15.4. The van der Waals surface area contributed by atoms with Crippen molar-refractivity contribution in [2.45, 2.75) is 38.6 Å². The normalized spacial score (nSPS) is 21.9. The van der Waals surface area contributed by atoms with Gasteiger partial charge in [0.2, 0.25) is 11.8 Å². The van der Waals surface area contributed by atoms with Crippen LogP contribution >= 0.6 is 0 Å². The Bertz CT molecular complexity index is 596. The summed E-state index contributed by atoms with van der Waals surface area (Å²) in [6.45, 7) is 4.62. The van der Waals surface area contributed by atoms with Crippen LogP contribution in [0.25, 0.3) is 0 Å². The highest BCUT2D eigenvalue weighted by Crippen LogP contribution is 2.25. The number of para-hydroxylation sites is 1. The fourth-order valence-corrected chi connectivity index (χ4v) is 4.07. The summed E-state index contributed by atoms with van der Waals surface area (Å²) in [6.07, 6.45) is 3.84. The number of nitrogens with zero attached hydrogens (tertiary/aromatic N) is 3. The Labute approximate surface area is 150 Å². The van der Waals surface area contributed by atoms with Gasteiger partial charge in [-0.15, -0.1) is 0 Å². The summed E-state index contributed by atoms with van der Waals surface area (Å²) >= 11 is 0. The molecule has 1 aromatic rings. The largest absolute Gasteiger partial charge is 0.371 e. The molecule has 25 heavy (non-hydrogen) atoms. The maximum atomic E-state index is 12.8. The minimum Gasteiger partial charge on any atom is -0.371 e. The number of piperidine rings is 2. The Morgan fingerprint density at radius 3 is 2.32 bits per heavy atom. The van der Waals surface area contributed by atoms with Gasteiger partial charge in [-0.3, -0.25) is 9.59 Å². The number of amides is 2. The standard InChI is InChI=1S/C20H29N3O2/c1-16(24)23-12-6-7-17(15-23)20(25)22-13-10-19(11-14-22)21(2)18-8-4-3-5-9-18/h3-5,8-9,17,19H,6-7,10-15H2,1-2H3. The van der Waals surface area contributed by atoms with Crippen LogP contribution < -0.4 is 4.90 Å². The molecule has 2 fully saturated rings. The second-order valence-electron chi connectivity index (χ2n) is 7.31. The minimum absolute atomic E-state index is 0.0129. The number of carbonyl (C=O) groups is 2. The average molecular weight is 343 g/mol. The Hall–Kier alpha value is -2.04. The van der Waals surface area contributed by atoms with Gasteiger partial charge in [0, 0.05) is 51.9 Å². The van der Waals surface area contributed by atoms with Gasteiger partial charge in [-0.05, 0) is 37.8 Å². The summed E-state index contributed by atoms with van der Waals surface area (Å²) in [7, 11) is 2.14. The molecule has 0 spiro atoms. The van der Waals surface area contributed by atoms with Crippen molar-refractivity contribution >= 4 is 17.5 Å². The molecule has 0 radical (unpaired) electrons. The summed E-state index contributed by atoms with van der Waals surface area (Å²) in [5.74, 6) is 0.313. The van der Waals surface area contributed by atoms with Gasteiger partial charge in [0.15, 0.2) is 0 Å². The van der Waals surface area contributed by atoms with Crippen molar-refractivity contribution in [2.24, 2.45) is 5.92 Å². The van der Waals surface area contributed by atoms with Crippen LogP contribution in [0, 0.1) is 5.92 Å². The maximum absolute atomic E-state index is 12.8. The van der Waals surface area contributed by atoms with Gasteiger partial charge < -0.3 is 14.7 Å². The highest BCUT2D eigenvalue weighted by Gasteiger charge is 2.32. The lowest BCUT2D eigenvalue weighted by molar-refractivity contribution is -0.141. The lowest BCUT2D eigenvalue weighted by Gasteiger charge is -2.40. The molecular formula is C20H29N3O2. The van der Waals surface area contributed by atoms with E-state index in [2.05, 4.69) is 36.2 Å². The van der Waals surface area contributed by atoms with E-state index in [-0.39, 0.29) is 17.7 Å². The van der Waals surface area contributed by atoms with Gasteiger partial charge in [-0.2, -0.15) is 0 Å². The van der Waals surface area contributed by atoms with E-state index in [1.807, 2.05) is 15.9 Å². The first-order valence-electron chi connectivity index (χ1n) is 9.38. The smallest absolute Gasteiger partial charge is 0.227 e. The first kappa shape index (κ1) is 17.8. The van der Waals surface area contributed by atoms with Gasteiger partial charge in [0.05, 0.1) is 5.92 Å². The van der Waals surface area contributed by atoms with E-state index < -0.39 is 0 Å². The van der Waals surface area contributed by atoms with Crippen LogP contribution in [-0.2, 0) is 9.59 Å². The van der Waals surface area contributed by atoms with E-state index in [1.165, 1.54) is 5.69 Å². The number of likely N-dealkylation sites (tertiary alicyclic amines) is 2. The van der Waals surface area contributed by atoms with Gasteiger partial charge in [-0.1, -0.05) is 18.2 Å². The summed E-state index contributed by atoms with van der Waals surface area (Å²) in [4.78, 5) is 30.6. The highest BCUT2D eigenvalue weighted by atomic mass is 16.2. The zero-order valence-electron chi connectivity index (χ0n) is 15.4. The molecule has 3 rings (SSSR count). The Balaban J connectivity index is 1.53. The second kappa shape index (κ2) is 7.89. The monoisotopic (exact) mass is 343 g/mol. The van der Waals surface area contributed by atoms with Crippen molar-refractivity contribution in [3.63, 3.8) is 0 Å². The molecule has 0 bridgehead atoms. The van der Waals surface area contributed by atoms with E-state index in [0.29, 0.717) is 12.6 Å². The molecule has 5 heteroatoms. The van der Waals surface area contributed by atoms with E-state index in [0.717, 1.165) is 45.3 Å². The Morgan fingerprint density at radius 2 is 1.68 bits per heavy atom. The van der Waals surface area contributed by atoms with E-state index >= 15 is 0 Å². The van der Waals surface area contributed by atoms with Crippen LogP contribution in [0.5, 0.6) is 0 Å². The third-order valence-electron chi connectivity index (χ3n) is 5.70. The van der Waals surface area contributed by atoms with Crippen molar-refractivity contribution in [2.75, 3.05) is 38.1 Å². The molecule has 0 aliphatic carbocycles. The summed E-state index contributed by atoms with van der Waals surface area (Å²) in [5.41, 5.74) is 1.23. The van der Waals surface area contributed by atoms with E-state index in [1.54, 1.807) is 6.92 Å². The highest BCUT2D eigenvalue weighted by molar-refractivity contribution is 5.81. The number of benzene rings is 1. The first-order valence-corrected chi connectivity index (χ1v) is 9.38. The molecule has 0 N–H and O–H groups in total. The third kappa shape index (κ3) is 4.14. The number of anilines is 1. The second-order valence-corrected chi connectivity index (χ2v) is 7.31. The average Bonchev–Trinajstić information content (AvgIpc) is 2.67. The molecule has 1 aromatic carbocycles. The predicted molar refractivity (Wildman–Crippen MR) is 99.4 cm³/mol. The van der Waals surface area contributed by atoms with E-state index in [4.69, 9.17) is 0 Å². The quantitative estimate of drug-likeness (QED) is 0.846. The fourth-order valence-electron chi connectivity index (χ4n) is 4.07. The number of carbonyl (C=O) groups excluding carboxylic acids is 2. The zero-order chi connectivity index (χ0) is 17.8. The van der Waals surface area contributed by atoms with Crippen LogP contribution in [0.3, 0.4) is 0 Å². The molecule has 5 nitrogen and oxygen atoms in total. The molecule has 0 saturated carbocycles. The number of hydrogen-bond donors (Lipinski definition) is 0. The lowest BCUT2D eigenvalue weighted by Crippen LogP contribution is -2.50. The van der Waals surface area contributed by atoms with Crippen molar-refractivity contribution in [3.05, 3.63) is 30.3 Å². The van der Waals surface area contributed by atoms with Crippen molar-refractivity contribution in [3.8, 4) is 0 Å². The summed E-state index contributed by atoms with van der Waals surface area (Å²) in [6, 6.07) is 10.9. The lowest BCUT2D eigenvalue weighted by atomic mass is 9.94. The first-order chi connectivity index (χ1) is 12.1. The minimum atomic E-state index is -0.0129. The molecule has 2 aliphatic heterocycles. The number of hydrogen-bond acceptors (Lipinski definition) is 3. The van der Waals surface area contributed by atoms with Crippen LogP contribution in [0.2, 0.25) is 0 Å². The number of rotatable bonds is 3. The Morgan fingerprint density at radius 1 is 1.00 bits per heavy atom. The molecule has 2 aliphatic rings. The molecular weight excluding hydrogens is 314 g/mol. The van der Waals surface area contributed by atoms with Crippen molar-refractivity contribution in [1.29, 1.82) is 0 Å². The molecule has 136 valence electrons. The van der Waals surface area contributed by atoms with Gasteiger partial charge >= 0.3 is 0 Å². The van der Waals surface area contributed by atoms with E-state index in [9.17, 15) is 9.59 Å². The predicted octanol–water partition coefficient (Wildman–Crippen LogP) is 2.37. The van der Waals surface area contributed by atoms with Crippen LogP contribution in [-0.4, -0.2) is 60.9 Å². The van der Waals surface area contributed by atoms with Crippen molar-refractivity contribution < 1.29 is 9.59 Å². The Kier molecular flexibility index (Phi) is 5.61. The van der Waals surface area contributed by atoms with Crippen LogP contribution in [0.4, 0.5) is 5.69 Å². The SMILES string of the molecule is CC(=O)N1CCCC(C(=O)N2CCC(N(C)c3ccccc3)CC2)C1. The van der Waals surface area contributed by atoms with Gasteiger partial charge in [0.1, 0.15) is 0 Å². The topological polar surface area (TPSA) is 43.9 Å². The van der Waals surface area contributed by atoms with Gasteiger partial charge in [-0.25, -0.2) is 0 Å². The molecule has 0 aromatic heterocycles. The maximum Gasteiger partial charge on any atom is 0.227 e. The van der Waals surface area contributed by atoms with Crippen LogP contribution in [0.1, 0.15) is 32.6 Å². The van der Waals surface area contributed by atoms with Crippen LogP contribution in [0.15, 0.2) is 30.3 Å². The molecule has 2 heterocycles. The third-order valence-corrected chi connectivity index (χ3v) is 5.70. The van der Waals surface area contributed by atoms with Crippen molar-refractivity contribution in [1.82, 2.24) is 9.80 Å². The molecule has 2 saturated heterocycles. The molecule has 1 unspecified atom stereocenters. The fraction of sp³-hybridized carbons (Fsp3) is 0.600. The summed E-state index contributed by atoms with van der Waals surface area (Å²) in [5, 5.41) is 0. The van der Waals surface area contributed by atoms with Gasteiger partial charge in [0.25, 0.3) is 0 Å². The molecule has 2 amide bonds. The summed E-state index contributed by atoms with van der Waals surface area (Å²) < 4.78 is 0. The molecule has 1 atom stereocenters.